The minimum absolute atomic E-state index is 0.0533. The molecule has 0 aliphatic heterocycles. The van der Waals surface area contributed by atoms with E-state index < -0.39 is 0 Å². The number of ketones is 1. The average Bonchev–Trinajstić information content (AvgIpc) is 2.81. The quantitative estimate of drug-likeness (QED) is 0.239. The summed E-state index contributed by atoms with van der Waals surface area (Å²) in [7, 11) is 0. The number of anilines is 3. The lowest BCUT2D eigenvalue weighted by Gasteiger charge is -2.08. The van der Waals surface area contributed by atoms with Crippen molar-refractivity contribution in [3.8, 4) is 0 Å². The van der Waals surface area contributed by atoms with Gasteiger partial charge in [0.15, 0.2) is 5.78 Å². The predicted molar refractivity (Wildman–Crippen MR) is 128 cm³/mol. The molecule has 4 N–H and O–H groups in total. The maximum absolute atomic E-state index is 12.4. The van der Waals surface area contributed by atoms with Gasteiger partial charge in [-0.15, -0.1) is 0 Å². The maximum atomic E-state index is 12.4. The van der Waals surface area contributed by atoms with Crippen LogP contribution in [0.4, 0.5) is 17.1 Å². The fraction of sp³-hybridized carbons (Fsp3) is 0.192. The van der Waals surface area contributed by atoms with Gasteiger partial charge in [-0.2, -0.15) is 0 Å². The fourth-order valence-corrected chi connectivity index (χ4v) is 3.26. The molecule has 0 unspecified atom stereocenters. The van der Waals surface area contributed by atoms with E-state index in [1.807, 2.05) is 30.3 Å². The molecule has 0 heterocycles. The van der Waals surface area contributed by atoms with E-state index in [-0.39, 0.29) is 17.6 Å². The van der Waals surface area contributed by atoms with Gasteiger partial charge in [-0.25, -0.2) is 0 Å². The van der Waals surface area contributed by atoms with E-state index in [0.717, 1.165) is 6.42 Å². The molecule has 2 amide bonds. The van der Waals surface area contributed by atoms with Crippen molar-refractivity contribution in [3.05, 3.63) is 90.0 Å². The normalized spacial score (nSPS) is 10.4. The first-order chi connectivity index (χ1) is 15.5. The van der Waals surface area contributed by atoms with Crippen LogP contribution in [0.3, 0.4) is 0 Å². The van der Waals surface area contributed by atoms with Crippen LogP contribution >= 0.6 is 0 Å². The second-order valence-electron chi connectivity index (χ2n) is 7.52. The van der Waals surface area contributed by atoms with Gasteiger partial charge in [-0.1, -0.05) is 48.9 Å². The van der Waals surface area contributed by atoms with Crippen molar-refractivity contribution in [2.24, 2.45) is 0 Å². The topological polar surface area (TPSA) is 101 Å². The summed E-state index contributed by atoms with van der Waals surface area (Å²) in [6.07, 6.45) is 2.92. The van der Waals surface area contributed by atoms with Crippen LogP contribution in [-0.4, -0.2) is 17.6 Å². The van der Waals surface area contributed by atoms with Gasteiger partial charge >= 0.3 is 0 Å². The highest BCUT2D eigenvalue weighted by Gasteiger charge is 2.09. The first kappa shape index (κ1) is 22.7. The van der Waals surface area contributed by atoms with Crippen LogP contribution < -0.4 is 16.4 Å². The lowest BCUT2D eigenvalue weighted by Crippen LogP contribution is -2.13. The number of para-hydroxylation sites is 2. The Morgan fingerprint density at radius 2 is 1.19 bits per heavy atom. The van der Waals surface area contributed by atoms with Crippen molar-refractivity contribution >= 4 is 34.7 Å². The third kappa shape index (κ3) is 6.80. The second kappa shape index (κ2) is 11.5. The van der Waals surface area contributed by atoms with Crippen molar-refractivity contribution < 1.29 is 14.4 Å². The molecule has 0 atom stereocenters. The minimum atomic E-state index is -0.0892. The van der Waals surface area contributed by atoms with Crippen LogP contribution in [-0.2, 0) is 9.59 Å². The van der Waals surface area contributed by atoms with E-state index in [1.54, 1.807) is 48.5 Å². The van der Waals surface area contributed by atoms with Crippen molar-refractivity contribution in [2.75, 3.05) is 16.4 Å². The van der Waals surface area contributed by atoms with E-state index in [1.165, 1.54) is 0 Å². The van der Waals surface area contributed by atoms with Gasteiger partial charge in [0, 0.05) is 29.7 Å². The Kier molecular flexibility index (Phi) is 8.15. The summed E-state index contributed by atoms with van der Waals surface area (Å²) in [5.41, 5.74) is 8.83. The van der Waals surface area contributed by atoms with Crippen LogP contribution in [0.25, 0.3) is 0 Å². The summed E-state index contributed by atoms with van der Waals surface area (Å²) >= 11 is 0. The third-order valence-corrected chi connectivity index (χ3v) is 5.01. The Bertz CT molecular complexity index is 1060. The Morgan fingerprint density at radius 1 is 0.625 bits per heavy atom. The van der Waals surface area contributed by atoms with Crippen molar-refractivity contribution in [2.45, 2.75) is 32.1 Å². The van der Waals surface area contributed by atoms with Gasteiger partial charge in [-0.05, 0) is 49.2 Å². The molecular formula is C26H27N3O3. The number of carbonyl (C=O) groups is 3. The molecule has 3 aromatic carbocycles. The number of carbonyl (C=O) groups excluding carboxylic acids is 3. The molecule has 0 fully saturated rings. The van der Waals surface area contributed by atoms with Crippen LogP contribution in [0.5, 0.6) is 0 Å². The molecule has 32 heavy (non-hydrogen) atoms. The summed E-state index contributed by atoms with van der Waals surface area (Å²) in [5.74, 6) is -0.228. The van der Waals surface area contributed by atoms with E-state index >= 15 is 0 Å². The standard InChI is InChI=1S/C26H27N3O3/c27-22-11-7-8-12-23(22)29-25(31)14-6-2-5-13-24(30)28-21-17-15-20(16-18-21)26(32)19-9-3-1-4-10-19/h1,3-4,7-12,15-18H,2,5-6,13-14,27H2,(H,28,30)(H,29,31). The molecule has 0 spiro atoms. The maximum Gasteiger partial charge on any atom is 0.224 e. The average molecular weight is 430 g/mol. The Balaban J connectivity index is 1.35. The largest absolute Gasteiger partial charge is 0.397 e. The summed E-state index contributed by atoms with van der Waals surface area (Å²) in [4.78, 5) is 36.6. The van der Waals surface area contributed by atoms with Gasteiger partial charge in [0.25, 0.3) is 0 Å². The first-order valence-electron chi connectivity index (χ1n) is 10.7. The SMILES string of the molecule is Nc1ccccc1NC(=O)CCCCCC(=O)Nc1ccc(C(=O)c2ccccc2)cc1. The molecule has 0 aromatic heterocycles. The van der Waals surface area contributed by atoms with Gasteiger partial charge in [-0.3, -0.25) is 14.4 Å². The molecule has 0 aliphatic rings. The summed E-state index contributed by atoms with van der Waals surface area (Å²) < 4.78 is 0. The smallest absolute Gasteiger partial charge is 0.224 e. The number of nitrogens with two attached hydrogens (primary N) is 1. The zero-order valence-corrected chi connectivity index (χ0v) is 17.8. The summed E-state index contributed by atoms with van der Waals surface area (Å²) in [5, 5.41) is 5.64. The second-order valence-corrected chi connectivity index (χ2v) is 7.52. The number of amides is 2. The molecule has 0 saturated carbocycles. The molecule has 164 valence electrons. The molecular weight excluding hydrogens is 402 g/mol. The van der Waals surface area contributed by atoms with Gasteiger partial charge in [0.1, 0.15) is 0 Å². The van der Waals surface area contributed by atoms with Crippen molar-refractivity contribution in [1.29, 1.82) is 0 Å². The van der Waals surface area contributed by atoms with Gasteiger partial charge < -0.3 is 16.4 Å². The number of nitrogens with one attached hydrogen (secondary N) is 2. The van der Waals surface area contributed by atoms with Crippen LogP contribution in [0.1, 0.15) is 48.0 Å². The molecule has 0 radical (unpaired) electrons. The molecule has 3 aromatic rings. The Labute approximate surface area is 187 Å². The highest BCUT2D eigenvalue weighted by Crippen LogP contribution is 2.18. The number of benzene rings is 3. The minimum Gasteiger partial charge on any atom is -0.397 e. The van der Waals surface area contributed by atoms with E-state index in [2.05, 4.69) is 10.6 Å². The van der Waals surface area contributed by atoms with Crippen LogP contribution in [0, 0.1) is 0 Å². The number of nitrogen functional groups attached to an aromatic ring is 1. The number of unbranched alkanes of at least 4 members (excludes halogenated alkanes) is 2. The monoisotopic (exact) mass is 429 g/mol. The van der Waals surface area contributed by atoms with Crippen LogP contribution in [0.15, 0.2) is 78.9 Å². The number of hydrogen-bond acceptors (Lipinski definition) is 4. The van der Waals surface area contributed by atoms with Crippen LogP contribution in [0.2, 0.25) is 0 Å². The zero-order valence-electron chi connectivity index (χ0n) is 17.8. The molecule has 0 saturated heterocycles. The lowest BCUT2D eigenvalue weighted by atomic mass is 10.0. The lowest BCUT2D eigenvalue weighted by molar-refractivity contribution is -0.116. The Morgan fingerprint density at radius 3 is 1.84 bits per heavy atom. The van der Waals surface area contributed by atoms with Crippen molar-refractivity contribution in [1.82, 2.24) is 0 Å². The van der Waals surface area contributed by atoms with Crippen molar-refractivity contribution in [3.63, 3.8) is 0 Å². The zero-order chi connectivity index (χ0) is 22.8. The summed E-state index contributed by atoms with van der Waals surface area (Å²) in [6, 6.07) is 23.1. The highest BCUT2D eigenvalue weighted by molar-refractivity contribution is 6.09. The first-order valence-corrected chi connectivity index (χ1v) is 10.7. The molecule has 6 heteroatoms. The van der Waals surface area contributed by atoms with E-state index in [4.69, 9.17) is 5.73 Å². The molecule has 6 nitrogen and oxygen atoms in total. The third-order valence-electron chi connectivity index (χ3n) is 5.01. The highest BCUT2D eigenvalue weighted by atomic mass is 16.2. The fourth-order valence-electron chi connectivity index (χ4n) is 3.26. The predicted octanol–water partition coefficient (Wildman–Crippen LogP) is 5.03. The van der Waals surface area contributed by atoms with E-state index in [0.29, 0.717) is 53.9 Å². The molecule has 0 aliphatic carbocycles. The summed E-state index contributed by atoms with van der Waals surface area (Å²) in [6.45, 7) is 0. The Hall–Kier alpha value is -3.93. The molecule has 3 rings (SSSR count). The number of rotatable bonds is 10. The van der Waals surface area contributed by atoms with Gasteiger partial charge in [0.05, 0.1) is 11.4 Å². The number of hydrogen-bond donors (Lipinski definition) is 3. The molecule has 0 bridgehead atoms. The van der Waals surface area contributed by atoms with E-state index in [9.17, 15) is 14.4 Å². The van der Waals surface area contributed by atoms with Gasteiger partial charge in [0.2, 0.25) is 11.8 Å².